The number of allylic oxidation sites excluding steroid dienone is 1. The number of methoxy groups -OCH3 is 1. The van der Waals surface area contributed by atoms with Gasteiger partial charge in [-0.25, -0.2) is 4.79 Å². The van der Waals surface area contributed by atoms with Gasteiger partial charge in [0.05, 0.1) is 7.11 Å². The highest BCUT2D eigenvalue weighted by molar-refractivity contribution is 5.80. The van der Waals surface area contributed by atoms with Crippen molar-refractivity contribution in [3.63, 3.8) is 0 Å². The maximum atomic E-state index is 10.7. The van der Waals surface area contributed by atoms with Crippen LogP contribution in [0.1, 0.15) is 37.7 Å². The zero-order chi connectivity index (χ0) is 13.8. The van der Waals surface area contributed by atoms with Gasteiger partial charge in [0.2, 0.25) is 0 Å². The quantitative estimate of drug-likeness (QED) is 0.844. The van der Waals surface area contributed by atoms with Gasteiger partial charge >= 0.3 is 5.97 Å². The zero-order valence-electron chi connectivity index (χ0n) is 11.4. The lowest BCUT2D eigenvalue weighted by Crippen LogP contribution is -2.15. The van der Waals surface area contributed by atoms with Crippen LogP contribution in [0.5, 0.6) is 5.75 Å². The summed E-state index contributed by atoms with van der Waals surface area (Å²) in [7, 11) is 1.67. The Bertz CT molecular complexity index is 473. The molecule has 1 aliphatic carbocycles. The molecule has 3 nitrogen and oxygen atoms in total. The van der Waals surface area contributed by atoms with Gasteiger partial charge in [0.15, 0.2) is 0 Å². The molecule has 2 atom stereocenters. The van der Waals surface area contributed by atoms with Crippen molar-refractivity contribution >= 4 is 5.97 Å². The molecular weight excluding hydrogens is 240 g/mol. The number of carboxylic acids is 1. The van der Waals surface area contributed by atoms with Crippen molar-refractivity contribution in [3.05, 3.63) is 41.5 Å². The first-order chi connectivity index (χ1) is 9.10. The standard InChI is InChI=1S/C16H20O3/c1-11-9-14(4-3-13(11)10-16(17)18)12-5-7-15(19-2)8-6-12/h5-8,10-11,14H,3-4,9H2,1-2H3,(H,17,18). The molecule has 0 aliphatic heterocycles. The molecule has 3 heteroatoms. The summed E-state index contributed by atoms with van der Waals surface area (Å²) in [5.74, 6) is 0.910. The van der Waals surface area contributed by atoms with E-state index in [0.717, 1.165) is 30.6 Å². The van der Waals surface area contributed by atoms with Crippen molar-refractivity contribution in [2.45, 2.75) is 32.1 Å². The second-order valence-corrected chi connectivity index (χ2v) is 5.20. The number of hydrogen-bond acceptors (Lipinski definition) is 2. The van der Waals surface area contributed by atoms with E-state index in [1.165, 1.54) is 11.6 Å². The van der Waals surface area contributed by atoms with Crippen LogP contribution in [0.4, 0.5) is 0 Å². The van der Waals surface area contributed by atoms with Gasteiger partial charge in [0.1, 0.15) is 5.75 Å². The van der Waals surface area contributed by atoms with Crippen molar-refractivity contribution in [2.24, 2.45) is 5.92 Å². The third-order valence-electron chi connectivity index (χ3n) is 3.95. The Morgan fingerprint density at radius 1 is 1.37 bits per heavy atom. The summed E-state index contributed by atoms with van der Waals surface area (Å²) in [6.45, 7) is 2.12. The lowest BCUT2D eigenvalue weighted by atomic mass is 9.76. The number of benzene rings is 1. The fourth-order valence-electron chi connectivity index (χ4n) is 2.84. The van der Waals surface area contributed by atoms with E-state index in [0.29, 0.717) is 11.8 Å². The molecule has 1 aliphatic rings. The van der Waals surface area contributed by atoms with Crippen molar-refractivity contribution < 1.29 is 14.6 Å². The minimum absolute atomic E-state index is 0.344. The van der Waals surface area contributed by atoms with E-state index >= 15 is 0 Å². The molecule has 0 heterocycles. The highest BCUT2D eigenvalue weighted by Crippen LogP contribution is 2.39. The molecule has 0 saturated heterocycles. The second kappa shape index (κ2) is 5.91. The summed E-state index contributed by atoms with van der Waals surface area (Å²) in [5, 5.41) is 8.83. The Morgan fingerprint density at radius 2 is 2.05 bits per heavy atom. The molecular formula is C16H20O3. The molecule has 102 valence electrons. The molecule has 0 amide bonds. The molecule has 1 aromatic carbocycles. The van der Waals surface area contributed by atoms with Crippen molar-refractivity contribution in [2.75, 3.05) is 7.11 Å². The fourth-order valence-corrected chi connectivity index (χ4v) is 2.84. The fraction of sp³-hybridized carbons (Fsp3) is 0.438. The topological polar surface area (TPSA) is 46.5 Å². The number of aliphatic carboxylic acids is 1. The highest BCUT2D eigenvalue weighted by Gasteiger charge is 2.24. The lowest BCUT2D eigenvalue weighted by molar-refractivity contribution is -0.131. The van der Waals surface area contributed by atoms with Gasteiger partial charge in [-0.3, -0.25) is 0 Å². The zero-order valence-corrected chi connectivity index (χ0v) is 11.4. The SMILES string of the molecule is COc1ccc(C2CCC(=CC(=O)O)C(C)C2)cc1. The van der Waals surface area contributed by atoms with E-state index in [4.69, 9.17) is 9.84 Å². The van der Waals surface area contributed by atoms with Gasteiger partial charge < -0.3 is 9.84 Å². The molecule has 2 unspecified atom stereocenters. The summed E-state index contributed by atoms with van der Waals surface area (Å²) >= 11 is 0. The van der Waals surface area contributed by atoms with Crippen LogP contribution in [0.15, 0.2) is 35.9 Å². The normalized spacial score (nSPS) is 25.3. The predicted octanol–water partition coefficient (Wildman–Crippen LogP) is 3.61. The first kappa shape index (κ1) is 13.7. The number of carboxylic acid groups (broad SMARTS) is 1. The summed E-state index contributed by atoms with van der Waals surface area (Å²) in [6.07, 6.45) is 4.31. The van der Waals surface area contributed by atoms with Crippen molar-refractivity contribution in [3.8, 4) is 5.75 Å². The van der Waals surface area contributed by atoms with E-state index in [1.54, 1.807) is 7.11 Å². The van der Waals surface area contributed by atoms with E-state index in [2.05, 4.69) is 19.1 Å². The first-order valence-corrected chi connectivity index (χ1v) is 6.67. The van der Waals surface area contributed by atoms with Gasteiger partial charge in [-0.05, 0) is 48.8 Å². The van der Waals surface area contributed by atoms with Crippen LogP contribution in [0.3, 0.4) is 0 Å². The molecule has 1 N–H and O–H groups in total. The van der Waals surface area contributed by atoms with Crippen LogP contribution in [-0.2, 0) is 4.79 Å². The molecule has 0 radical (unpaired) electrons. The smallest absolute Gasteiger partial charge is 0.328 e. The largest absolute Gasteiger partial charge is 0.497 e. The van der Waals surface area contributed by atoms with Crippen molar-refractivity contribution in [1.29, 1.82) is 0 Å². The Hall–Kier alpha value is -1.77. The van der Waals surface area contributed by atoms with Gasteiger partial charge in [-0.2, -0.15) is 0 Å². The predicted molar refractivity (Wildman–Crippen MR) is 74.5 cm³/mol. The molecule has 1 aromatic rings. The average molecular weight is 260 g/mol. The second-order valence-electron chi connectivity index (χ2n) is 5.20. The maximum Gasteiger partial charge on any atom is 0.328 e. The molecule has 0 spiro atoms. The molecule has 0 bridgehead atoms. The number of hydrogen-bond donors (Lipinski definition) is 1. The van der Waals surface area contributed by atoms with E-state index in [9.17, 15) is 4.79 Å². The van der Waals surface area contributed by atoms with Gasteiger partial charge in [0.25, 0.3) is 0 Å². The molecule has 0 aromatic heterocycles. The third kappa shape index (κ3) is 3.37. The first-order valence-electron chi connectivity index (χ1n) is 6.67. The van der Waals surface area contributed by atoms with Crippen LogP contribution < -0.4 is 4.74 Å². The monoisotopic (exact) mass is 260 g/mol. The average Bonchev–Trinajstić information content (AvgIpc) is 2.41. The summed E-state index contributed by atoms with van der Waals surface area (Å²) in [5.41, 5.74) is 2.39. The molecule has 19 heavy (non-hydrogen) atoms. The van der Waals surface area contributed by atoms with Crippen molar-refractivity contribution in [1.82, 2.24) is 0 Å². The van der Waals surface area contributed by atoms with Crippen LogP contribution in [-0.4, -0.2) is 18.2 Å². The van der Waals surface area contributed by atoms with Gasteiger partial charge in [-0.15, -0.1) is 0 Å². The summed E-state index contributed by atoms with van der Waals surface area (Å²) < 4.78 is 5.16. The van der Waals surface area contributed by atoms with E-state index in [1.807, 2.05) is 12.1 Å². The van der Waals surface area contributed by atoms with Crippen LogP contribution in [0.25, 0.3) is 0 Å². The minimum Gasteiger partial charge on any atom is -0.497 e. The Morgan fingerprint density at radius 3 is 2.58 bits per heavy atom. The maximum absolute atomic E-state index is 10.7. The number of rotatable bonds is 3. The van der Waals surface area contributed by atoms with Gasteiger partial charge in [0, 0.05) is 6.08 Å². The van der Waals surface area contributed by atoms with Gasteiger partial charge in [-0.1, -0.05) is 24.6 Å². The Labute approximate surface area is 113 Å². The van der Waals surface area contributed by atoms with E-state index in [-0.39, 0.29) is 0 Å². The molecule has 1 fully saturated rings. The number of ether oxygens (including phenoxy) is 1. The van der Waals surface area contributed by atoms with Crippen LogP contribution >= 0.6 is 0 Å². The number of carbonyl (C=O) groups is 1. The van der Waals surface area contributed by atoms with E-state index < -0.39 is 5.97 Å². The molecule has 2 rings (SSSR count). The minimum atomic E-state index is -0.829. The highest BCUT2D eigenvalue weighted by atomic mass is 16.5. The summed E-state index contributed by atoms with van der Waals surface area (Å²) in [6, 6.07) is 8.20. The molecule has 1 saturated carbocycles. The van der Waals surface area contributed by atoms with Crippen LogP contribution in [0, 0.1) is 5.92 Å². The third-order valence-corrected chi connectivity index (χ3v) is 3.95. The Balaban J connectivity index is 2.06. The Kier molecular flexibility index (Phi) is 4.25. The lowest BCUT2D eigenvalue weighted by Gasteiger charge is -2.29. The van der Waals surface area contributed by atoms with Crippen LogP contribution in [0.2, 0.25) is 0 Å². The summed E-state index contributed by atoms with van der Waals surface area (Å²) in [4.78, 5) is 10.7.